The van der Waals surface area contributed by atoms with Crippen molar-refractivity contribution < 1.29 is 9.53 Å². The minimum atomic E-state index is -0.233. The highest BCUT2D eigenvalue weighted by molar-refractivity contribution is 6.32. The molecule has 94 valence electrons. The fraction of sp³-hybridized carbons (Fsp3) is 0.417. The molecule has 0 aliphatic rings. The van der Waals surface area contributed by atoms with Gasteiger partial charge in [0.2, 0.25) is 0 Å². The van der Waals surface area contributed by atoms with Gasteiger partial charge in [-0.25, -0.2) is 4.79 Å². The third kappa shape index (κ3) is 3.03. The molecule has 1 aromatic rings. The molecule has 5 heteroatoms. The lowest BCUT2D eigenvalue weighted by molar-refractivity contribution is 0.242. The van der Waals surface area contributed by atoms with E-state index in [-0.39, 0.29) is 6.03 Å². The van der Waals surface area contributed by atoms with Gasteiger partial charge in [-0.1, -0.05) is 11.6 Å². The highest BCUT2D eigenvalue weighted by atomic mass is 35.5. The Morgan fingerprint density at radius 1 is 1.47 bits per heavy atom. The predicted octanol–water partition coefficient (Wildman–Crippen LogP) is 2.39. The van der Waals surface area contributed by atoms with Gasteiger partial charge in [-0.15, -0.1) is 0 Å². The number of hydrogen-bond acceptors (Lipinski definition) is 2. The molecule has 0 bridgehead atoms. The van der Waals surface area contributed by atoms with Gasteiger partial charge in [0.1, 0.15) is 5.75 Å². The molecule has 0 aromatic heterocycles. The van der Waals surface area contributed by atoms with E-state index in [2.05, 4.69) is 10.6 Å². The molecule has 0 radical (unpaired) electrons. The minimum absolute atomic E-state index is 0.233. The van der Waals surface area contributed by atoms with E-state index in [0.29, 0.717) is 11.6 Å². The number of carbonyl (C=O) groups is 1. The van der Waals surface area contributed by atoms with E-state index in [4.69, 9.17) is 16.3 Å². The van der Waals surface area contributed by atoms with E-state index >= 15 is 0 Å². The predicted molar refractivity (Wildman–Crippen MR) is 68.8 cm³/mol. The average Bonchev–Trinajstić information content (AvgIpc) is 2.33. The van der Waals surface area contributed by atoms with Gasteiger partial charge in [-0.2, -0.15) is 0 Å². The monoisotopic (exact) mass is 256 g/mol. The number of carbonyl (C=O) groups excluding carboxylic acids is 1. The van der Waals surface area contributed by atoms with Gasteiger partial charge in [-0.3, -0.25) is 0 Å². The fourth-order valence-electron chi connectivity index (χ4n) is 1.62. The van der Waals surface area contributed by atoms with Crippen LogP contribution in [0.15, 0.2) is 6.07 Å². The average molecular weight is 257 g/mol. The Morgan fingerprint density at radius 3 is 2.65 bits per heavy atom. The molecule has 0 saturated heterocycles. The number of ether oxygens (including phenoxy) is 1. The molecule has 1 rings (SSSR count). The van der Waals surface area contributed by atoms with Crippen molar-refractivity contribution >= 4 is 17.6 Å². The Kier molecular flexibility index (Phi) is 4.63. The number of halogens is 1. The van der Waals surface area contributed by atoms with Crippen LogP contribution in [-0.4, -0.2) is 20.2 Å². The summed E-state index contributed by atoms with van der Waals surface area (Å²) in [6.45, 7) is 4.22. The lowest BCUT2D eigenvalue weighted by Gasteiger charge is -2.15. The number of benzene rings is 1. The van der Waals surface area contributed by atoms with Gasteiger partial charge < -0.3 is 15.4 Å². The molecule has 17 heavy (non-hydrogen) atoms. The molecule has 2 amide bonds. The van der Waals surface area contributed by atoms with Crippen molar-refractivity contribution in [1.29, 1.82) is 0 Å². The molecule has 0 heterocycles. The van der Waals surface area contributed by atoms with Crippen LogP contribution in [-0.2, 0) is 6.54 Å². The Hall–Kier alpha value is -1.42. The molecular weight excluding hydrogens is 240 g/mol. The third-order valence-electron chi connectivity index (χ3n) is 2.65. The number of urea groups is 1. The highest BCUT2D eigenvalue weighted by Gasteiger charge is 2.13. The molecule has 0 spiro atoms. The first-order valence-corrected chi connectivity index (χ1v) is 5.67. The van der Waals surface area contributed by atoms with Crippen molar-refractivity contribution in [2.45, 2.75) is 20.4 Å². The second-order valence-electron chi connectivity index (χ2n) is 3.75. The minimum Gasteiger partial charge on any atom is -0.496 e. The van der Waals surface area contributed by atoms with E-state index in [1.807, 2.05) is 19.9 Å². The lowest BCUT2D eigenvalue weighted by Crippen LogP contribution is -2.32. The van der Waals surface area contributed by atoms with Crippen LogP contribution in [0, 0.1) is 13.8 Å². The normalized spacial score (nSPS) is 9.94. The first kappa shape index (κ1) is 13.6. The van der Waals surface area contributed by atoms with Crippen LogP contribution in [0.1, 0.15) is 16.7 Å². The van der Waals surface area contributed by atoms with Crippen molar-refractivity contribution in [3.8, 4) is 5.75 Å². The number of hydrogen-bond donors (Lipinski definition) is 2. The smallest absolute Gasteiger partial charge is 0.314 e. The largest absolute Gasteiger partial charge is 0.496 e. The maximum atomic E-state index is 11.2. The zero-order valence-corrected chi connectivity index (χ0v) is 11.2. The summed E-state index contributed by atoms with van der Waals surface area (Å²) in [5.74, 6) is 0.737. The van der Waals surface area contributed by atoms with Gasteiger partial charge >= 0.3 is 6.03 Å². The zero-order chi connectivity index (χ0) is 13.0. The Labute approximate surface area is 106 Å². The summed E-state index contributed by atoms with van der Waals surface area (Å²) < 4.78 is 5.30. The maximum Gasteiger partial charge on any atom is 0.314 e. The molecule has 0 unspecified atom stereocenters. The first-order valence-electron chi connectivity index (χ1n) is 5.29. The molecule has 0 saturated carbocycles. The van der Waals surface area contributed by atoms with E-state index in [0.717, 1.165) is 22.4 Å². The van der Waals surface area contributed by atoms with Gasteiger partial charge in [0.15, 0.2) is 0 Å². The third-order valence-corrected chi connectivity index (χ3v) is 3.23. The number of methoxy groups -OCH3 is 1. The molecule has 0 aliphatic heterocycles. The van der Waals surface area contributed by atoms with Crippen molar-refractivity contribution in [3.05, 3.63) is 27.8 Å². The van der Waals surface area contributed by atoms with Gasteiger partial charge in [-0.05, 0) is 31.0 Å². The van der Waals surface area contributed by atoms with E-state index in [1.165, 1.54) is 0 Å². The van der Waals surface area contributed by atoms with Crippen molar-refractivity contribution in [3.63, 3.8) is 0 Å². The molecule has 1 aromatic carbocycles. The van der Waals surface area contributed by atoms with E-state index in [1.54, 1.807) is 14.2 Å². The lowest BCUT2D eigenvalue weighted by atomic mass is 10.0. The Bertz CT molecular complexity index is 433. The van der Waals surface area contributed by atoms with E-state index in [9.17, 15) is 4.79 Å². The summed E-state index contributed by atoms with van der Waals surface area (Å²) in [6.07, 6.45) is 0. The highest BCUT2D eigenvalue weighted by Crippen LogP contribution is 2.31. The fourth-order valence-corrected chi connectivity index (χ4v) is 1.79. The maximum absolute atomic E-state index is 11.2. The summed E-state index contributed by atoms with van der Waals surface area (Å²) in [5, 5.41) is 5.92. The molecule has 0 atom stereocenters. The first-order chi connectivity index (χ1) is 8.01. The van der Waals surface area contributed by atoms with Gasteiger partial charge in [0.25, 0.3) is 0 Å². The van der Waals surface area contributed by atoms with Crippen LogP contribution >= 0.6 is 11.6 Å². The SMILES string of the molecule is CNC(=O)NCc1c(OC)cc(C)c(Cl)c1C. The van der Waals surface area contributed by atoms with E-state index < -0.39 is 0 Å². The Morgan fingerprint density at radius 2 is 2.12 bits per heavy atom. The van der Waals surface area contributed by atoms with Gasteiger partial charge in [0.05, 0.1) is 7.11 Å². The van der Waals surface area contributed by atoms with Crippen LogP contribution in [0.5, 0.6) is 5.75 Å². The van der Waals surface area contributed by atoms with Crippen molar-refractivity contribution in [2.75, 3.05) is 14.2 Å². The molecule has 2 N–H and O–H groups in total. The van der Waals surface area contributed by atoms with Crippen LogP contribution in [0.2, 0.25) is 5.02 Å². The summed E-state index contributed by atoms with van der Waals surface area (Å²) in [5.41, 5.74) is 2.79. The van der Waals surface area contributed by atoms with Crippen LogP contribution in [0.4, 0.5) is 4.79 Å². The summed E-state index contributed by atoms with van der Waals surface area (Å²) in [6, 6.07) is 1.64. The number of aryl methyl sites for hydroxylation is 1. The quantitative estimate of drug-likeness (QED) is 0.873. The topological polar surface area (TPSA) is 50.4 Å². The van der Waals surface area contributed by atoms with Crippen molar-refractivity contribution in [2.24, 2.45) is 0 Å². The van der Waals surface area contributed by atoms with Crippen molar-refractivity contribution in [1.82, 2.24) is 10.6 Å². The summed E-state index contributed by atoms with van der Waals surface area (Å²) in [4.78, 5) is 11.2. The second kappa shape index (κ2) is 5.77. The molecule has 0 aliphatic carbocycles. The van der Waals surface area contributed by atoms with Crippen LogP contribution in [0.25, 0.3) is 0 Å². The number of rotatable bonds is 3. The van der Waals surface area contributed by atoms with Crippen LogP contribution < -0.4 is 15.4 Å². The number of amides is 2. The second-order valence-corrected chi connectivity index (χ2v) is 4.12. The summed E-state index contributed by atoms with van der Waals surface area (Å²) in [7, 11) is 3.17. The number of nitrogens with one attached hydrogen (secondary N) is 2. The van der Waals surface area contributed by atoms with Gasteiger partial charge in [0, 0.05) is 24.2 Å². The van der Waals surface area contributed by atoms with Crippen LogP contribution in [0.3, 0.4) is 0 Å². The molecule has 4 nitrogen and oxygen atoms in total. The zero-order valence-electron chi connectivity index (χ0n) is 10.5. The summed E-state index contributed by atoms with van der Waals surface area (Å²) >= 11 is 6.18. The molecular formula is C12H17ClN2O2. The molecule has 0 fully saturated rings. The standard InChI is InChI=1S/C12H17ClN2O2/c1-7-5-10(17-4)9(8(2)11(7)13)6-15-12(16)14-3/h5H,6H2,1-4H3,(H2,14,15,16). The Balaban J connectivity index is 3.04.